The molecular weight excluding hydrogens is 144 g/mol. The standard InChI is InChI=1S/C8H14O3/c1-5-3-7(10)6(2)8(4-9)11-5/h6-10H,1,3-4H2,2H3/t6-,7+,8?/m0/s1. The highest BCUT2D eigenvalue weighted by molar-refractivity contribution is 4.95. The molecule has 1 aliphatic heterocycles. The average molecular weight is 158 g/mol. The van der Waals surface area contributed by atoms with Crippen LogP contribution in [0, 0.1) is 5.92 Å². The summed E-state index contributed by atoms with van der Waals surface area (Å²) in [5.74, 6) is 0.556. The summed E-state index contributed by atoms with van der Waals surface area (Å²) in [5, 5.41) is 18.2. The molecule has 64 valence electrons. The van der Waals surface area contributed by atoms with Crippen LogP contribution in [0.3, 0.4) is 0 Å². The Bertz CT molecular complexity index is 155. The molecule has 0 radical (unpaired) electrons. The first kappa shape index (κ1) is 8.56. The van der Waals surface area contributed by atoms with Crippen LogP contribution in [-0.2, 0) is 4.74 Å². The van der Waals surface area contributed by atoms with Crippen molar-refractivity contribution in [3.05, 3.63) is 12.3 Å². The van der Waals surface area contributed by atoms with Crippen LogP contribution in [0.1, 0.15) is 13.3 Å². The highest BCUT2D eigenvalue weighted by Crippen LogP contribution is 2.25. The molecule has 0 saturated carbocycles. The summed E-state index contributed by atoms with van der Waals surface area (Å²) < 4.78 is 5.21. The minimum atomic E-state index is -0.423. The maximum absolute atomic E-state index is 9.40. The zero-order valence-corrected chi connectivity index (χ0v) is 6.66. The third kappa shape index (κ3) is 1.73. The zero-order chi connectivity index (χ0) is 8.43. The number of aliphatic hydroxyl groups is 2. The molecule has 0 aromatic carbocycles. The third-order valence-electron chi connectivity index (χ3n) is 2.13. The Hall–Kier alpha value is -0.540. The Morgan fingerprint density at radius 2 is 2.36 bits per heavy atom. The lowest BCUT2D eigenvalue weighted by molar-refractivity contribution is -0.0673. The molecule has 3 nitrogen and oxygen atoms in total. The van der Waals surface area contributed by atoms with Crippen LogP contribution in [0.25, 0.3) is 0 Å². The largest absolute Gasteiger partial charge is 0.493 e. The van der Waals surface area contributed by atoms with Crippen molar-refractivity contribution in [3.8, 4) is 0 Å². The van der Waals surface area contributed by atoms with Crippen molar-refractivity contribution >= 4 is 0 Å². The van der Waals surface area contributed by atoms with E-state index in [9.17, 15) is 5.11 Å². The molecule has 0 bridgehead atoms. The van der Waals surface area contributed by atoms with E-state index in [2.05, 4.69) is 6.58 Å². The highest BCUT2D eigenvalue weighted by atomic mass is 16.5. The Morgan fingerprint density at radius 1 is 1.73 bits per heavy atom. The van der Waals surface area contributed by atoms with Gasteiger partial charge in [0.15, 0.2) is 0 Å². The van der Waals surface area contributed by atoms with E-state index in [1.165, 1.54) is 0 Å². The van der Waals surface area contributed by atoms with Gasteiger partial charge < -0.3 is 14.9 Å². The minimum absolute atomic E-state index is 0.00880. The molecule has 1 heterocycles. The summed E-state index contributed by atoms with van der Waals surface area (Å²) in [6.45, 7) is 5.40. The van der Waals surface area contributed by atoms with Gasteiger partial charge >= 0.3 is 0 Å². The molecule has 1 saturated heterocycles. The number of hydrogen-bond donors (Lipinski definition) is 2. The fourth-order valence-corrected chi connectivity index (χ4v) is 1.24. The zero-order valence-electron chi connectivity index (χ0n) is 6.66. The lowest BCUT2D eigenvalue weighted by Gasteiger charge is -2.33. The summed E-state index contributed by atoms with van der Waals surface area (Å²) in [4.78, 5) is 0. The summed E-state index contributed by atoms with van der Waals surface area (Å²) in [5.41, 5.74) is 0. The maximum Gasteiger partial charge on any atom is 0.126 e. The van der Waals surface area contributed by atoms with Crippen LogP contribution in [0.15, 0.2) is 12.3 Å². The van der Waals surface area contributed by atoms with Crippen LogP contribution in [0.4, 0.5) is 0 Å². The molecule has 0 amide bonds. The fourth-order valence-electron chi connectivity index (χ4n) is 1.24. The molecule has 0 aliphatic carbocycles. The molecule has 1 fully saturated rings. The van der Waals surface area contributed by atoms with Gasteiger partial charge in [-0.15, -0.1) is 0 Å². The second-order valence-corrected chi connectivity index (χ2v) is 3.01. The van der Waals surface area contributed by atoms with Gasteiger partial charge in [-0.1, -0.05) is 13.5 Å². The fraction of sp³-hybridized carbons (Fsp3) is 0.750. The van der Waals surface area contributed by atoms with Crippen LogP contribution in [0.5, 0.6) is 0 Å². The summed E-state index contributed by atoms with van der Waals surface area (Å²) in [7, 11) is 0. The normalized spacial score (nSPS) is 38.5. The van der Waals surface area contributed by atoms with Gasteiger partial charge in [-0.05, 0) is 0 Å². The van der Waals surface area contributed by atoms with E-state index in [0.717, 1.165) is 0 Å². The van der Waals surface area contributed by atoms with Gasteiger partial charge in [-0.3, -0.25) is 0 Å². The Morgan fingerprint density at radius 3 is 2.91 bits per heavy atom. The molecule has 3 heteroatoms. The van der Waals surface area contributed by atoms with Crippen molar-refractivity contribution < 1.29 is 14.9 Å². The summed E-state index contributed by atoms with van der Waals surface area (Å²) in [6, 6.07) is 0. The summed E-state index contributed by atoms with van der Waals surface area (Å²) in [6.07, 6.45) is -0.225. The molecular formula is C8H14O3. The maximum atomic E-state index is 9.40. The molecule has 1 aliphatic rings. The molecule has 11 heavy (non-hydrogen) atoms. The van der Waals surface area contributed by atoms with Crippen molar-refractivity contribution in [2.75, 3.05) is 6.61 Å². The van der Waals surface area contributed by atoms with E-state index in [4.69, 9.17) is 9.84 Å². The molecule has 1 rings (SSSR count). The van der Waals surface area contributed by atoms with E-state index < -0.39 is 6.10 Å². The average Bonchev–Trinajstić information content (AvgIpc) is 1.96. The molecule has 0 spiro atoms. The SMILES string of the molecule is C=C1C[C@@H](O)[C@H](C)C(CO)O1. The first-order valence-corrected chi connectivity index (χ1v) is 3.78. The van der Waals surface area contributed by atoms with Crippen LogP contribution in [-0.4, -0.2) is 29.0 Å². The van der Waals surface area contributed by atoms with Crippen LogP contribution in [0.2, 0.25) is 0 Å². The van der Waals surface area contributed by atoms with Crippen molar-refractivity contribution in [1.29, 1.82) is 0 Å². The van der Waals surface area contributed by atoms with E-state index in [0.29, 0.717) is 12.2 Å². The predicted molar refractivity (Wildman–Crippen MR) is 40.9 cm³/mol. The Kier molecular flexibility index (Phi) is 2.52. The van der Waals surface area contributed by atoms with Gasteiger partial charge in [0.2, 0.25) is 0 Å². The second kappa shape index (κ2) is 3.24. The van der Waals surface area contributed by atoms with E-state index in [1.54, 1.807) is 0 Å². The van der Waals surface area contributed by atoms with Gasteiger partial charge in [0.05, 0.1) is 18.5 Å². The first-order chi connectivity index (χ1) is 5.15. The number of aliphatic hydroxyl groups excluding tert-OH is 2. The van der Waals surface area contributed by atoms with E-state index in [-0.39, 0.29) is 18.6 Å². The van der Waals surface area contributed by atoms with Gasteiger partial charge in [-0.25, -0.2) is 0 Å². The summed E-state index contributed by atoms with van der Waals surface area (Å²) >= 11 is 0. The number of hydrogen-bond acceptors (Lipinski definition) is 3. The highest BCUT2D eigenvalue weighted by Gasteiger charge is 2.31. The molecule has 2 N–H and O–H groups in total. The number of rotatable bonds is 1. The molecule has 0 aromatic heterocycles. The number of ether oxygens (including phenoxy) is 1. The second-order valence-electron chi connectivity index (χ2n) is 3.01. The lowest BCUT2D eigenvalue weighted by Crippen LogP contribution is -2.38. The quantitative estimate of drug-likeness (QED) is 0.576. The Labute approximate surface area is 66.3 Å². The van der Waals surface area contributed by atoms with Crippen LogP contribution < -0.4 is 0 Å². The van der Waals surface area contributed by atoms with E-state index in [1.807, 2.05) is 6.92 Å². The smallest absolute Gasteiger partial charge is 0.126 e. The predicted octanol–water partition coefficient (Wildman–Crippen LogP) is 0.278. The molecule has 0 aromatic rings. The first-order valence-electron chi connectivity index (χ1n) is 3.78. The van der Waals surface area contributed by atoms with Gasteiger partial charge in [0, 0.05) is 12.3 Å². The lowest BCUT2D eigenvalue weighted by atomic mass is 9.93. The van der Waals surface area contributed by atoms with Crippen LogP contribution >= 0.6 is 0 Å². The van der Waals surface area contributed by atoms with Crippen molar-refractivity contribution in [2.24, 2.45) is 5.92 Å². The van der Waals surface area contributed by atoms with Crippen molar-refractivity contribution in [1.82, 2.24) is 0 Å². The molecule has 1 unspecified atom stereocenters. The monoisotopic (exact) mass is 158 g/mol. The van der Waals surface area contributed by atoms with Gasteiger partial charge in [-0.2, -0.15) is 0 Å². The molecule has 3 atom stereocenters. The van der Waals surface area contributed by atoms with Crippen molar-refractivity contribution in [2.45, 2.75) is 25.6 Å². The minimum Gasteiger partial charge on any atom is -0.493 e. The van der Waals surface area contributed by atoms with E-state index >= 15 is 0 Å². The Balaban J connectivity index is 2.58. The third-order valence-corrected chi connectivity index (χ3v) is 2.13. The van der Waals surface area contributed by atoms with Gasteiger partial charge in [0.25, 0.3) is 0 Å². The van der Waals surface area contributed by atoms with Gasteiger partial charge in [0.1, 0.15) is 6.10 Å². The van der Waals surface area contributed by atoms with Crippen molar-refractivity contribution in [3.63, 3.8) is 0 Å². The topological polar surface area (TPSA) is 49.7 Å².